The first-order valence-corrected chi connectivity index (χ1v) is 7.93. The number of anilines is 1. The topological polar surface area (TPSA) is 62.3 Å². The normalized spacial score (nSPS) is 19.2. The molecule has 1 N–H and O–H groups in total. The molecular weight excluding hydrogens is 302 g/mol. The van der Waals surface area contributed by atoms with Gasteiger partial charge in [-0.25, -0.2) is 9.29 Å². The SMILES string of the molecule is CN1Sc2ccsc2C(=O)C1C(=O)Nc1nccs1. The van der Waals surface area contributed by atoms with Crippen LogP contribution in [0.1, 0.15) is 9.67 Å². The number of rotatable bonds is 2. The Morgan fingerprint density at radius 2 is 2.26 bits per heavy atom. The first-order chi connectivity index (χ1) is 9.16. The minimum atomic E-state index is -0.806. The first-order valence-electron chi connectivity index (χ1n) is 5.39. The monoisotopic (exact) mass is 311 g/mol. The third-order valence-corrected chi connectivity index (χ3v) is 5.40. The smallest absolute Gasteiger partial charge is 0.252 e. The summed E-state index contributed by atoms with van der Waals surface area (Å²) in [5.74, 6) is -0.491. The second kappa shape index (κ2) is 5.04. The maximum Gasteiger partial charge on any atom is 0.252 e. The van der Waals surface area contributed by atoms with Crippen LogP contribution in [0.15, 0.2) is 27.9 Å². The van der Waals surface area contributed by atoms with Crippen molar-refractivity contribution in [3.63, 3.8) is 0 Å². The summed E-state index contributed by atoms with van der Waals surface area (Å²) in [4.78, 5) is 30.1. The fraction of sp³-hybridized carbons (Fsp3) is 0.182. The van der Waals surface area contributed by atoms with Gasteiger partial charge < -0.3 is 5.32 Å². The molecule has 0 fully saturated rings. The molecule has 0 aliphatic carbocycles. The number of aromatic nitrogens is 1. The zero-order chi connectivity index (χ0) is 13.4. The van der Waals surface area contributed by atoms with Crippen LogP contribution >= 0.6 is 34.6 Å². The Morgan fingerprint density at radius 3 is 3.00 bits per heavy atom. The summed E-state index contributed by atoms with van der Waals surface area (Å²) in [5.41, 5.74) is 0. The number of fused-ring (bicyclic) bond motifs is 1. The highest BCUT2D eigenvalue weighted by atomic mass is 32.2. The Bertz CT molecular complexity index is 623. The van der Waals surface area contributed by atoms with Gasteiger partial charge in [0.05, 0.1) is 4.88 Å². The number of thiophene rings is 1. The number of hydrogen-bond acceptors (Lipinski definition) is 7. The van der Waals surface area contributed by atoms with Crippen LogP contribution in [0.4, 0.5) is 5.13 Å². The van der Waals surface area contributed by atoms with E-state index in [1.54, 1.807) is 22.9 Å². The van der Waals surface area contributed by atoms with Gasteiger partial charge in [0.15, 0.2) is 11.2 Å². The second-order valence-corrected chi connectivity index (χ2v) is 6.85. The van der Waals surface area contributed by atoms with Crippen LogP contribution in [0.3, 0.4) is 0 Å². The van der Waals surface area contributed by atoms with E-state index in [1.807, 2.05) is 11.4 Å². The summed E-state index contributed by atoms with van der Waals surface area (Å²) in [5, 5.41) is 6.82. The van der Waals surface area contributed by atoms with Crippen LogP contribution in [0.25, 0.3) is 0 Å². The van der Waals surface area contributed by atoms with Crippen molar-refractivity contribution in [1.82, 2.24) is 9.29 Å². The maximum absolute atomic E-state index is 12.3. The van der Waals surface area contributed by atoms with E-state index in [1.165, 1.54) is 34.6 Å². The minimum Gasteiger partial charge on any atom is -0.300 e. The number of hydrogen-bond donors (Lipinski definition) is 1. The lowest BCUT2D eigenvalue weighted by atomic mass is 10.1. The van der Waals surface area contributed by atoms with Gasteiger partial charge in [0.1, 0.15) is 0 Å². The van der Waals surface area contributed by atoms with Gasteiger partial charge in [0.25, 0.3) is 5.91 Å². The average Bonchev–Trinajstić information content (AvgIpc) is 2.99. The molecule has 0 saturated heterocycles. The summed E-state index contributed by atoms with van der Waals surface area (Å²) in [6.07, 6.45) is 1.61. The van der Waals surface area contributed by atoms with Crippen molar-refractivity contribution < 1.29 is 9.59 Å². The van der Waals surface area contributed by atoms with Crippen molar-refractivity contribution >= 4 is 51.4 Å². The van der Waals surface area contributed by atoms with Crippen LogP contribution in [0, 0.1) is 0 Å². The Labute approximate surface area is 121 Å². The molecule has 0 radical (unpaired) electrons. The lowest BCUT2D eigenvalue weighted by molar-refractivity contribution is -0.118. The number of carbonyl (C=O) groups excluding carboxylic acids is 2. The van der Waals surface area contributed by atoms with Gasteiger partial charge in [0, 0.05) is 16.5 Å². The van der Waals surface area contributed by atoms with Gasteiger partial charge in [-0.15, -0.1) is 22.7 Å². The summed E-state index contributed by atoms with van der Waals surface area (Å²) in [7, 11) is 1.75. The van der Waals surface area contributed by atoms with Crippen LogP contribution < -0.4 is 5.32 Å². The number of nitrogens with one attached hydrogen (secondary N) is 1. The molecule has 98 valence electrons. The van der Waals surface area contributed by atoms with Crippen molar-refractivity contribution in [2.75, 3.05) is 12.4 Å². The highest BCUT2D eigenvalue weighted by Gasteiger charge is 2.38. The summed E-state index contributed by atoms with van der Waals surface area (Å²) >= 11 is 4.12. The zero-order valence-corrected chi connectivity index (χ0v) is 12.3. The van der Waals surface area contributed by atoms with E-state index in [0.717, 1.165) is 4.90 Å². The molecule has 1 unspecified atom stereocenters. The molecule has 3 heterocycles. The largest absolute Gasteiger partial charge is 0.300 e. The van der Waals surface area contributed by atoms with E-state index >= 15 is 0 Å². The van der Waals surface area contributed by atoms with Gasteiger partial charge in [-0.1, -0.05) is 0 Å². The molecular formula is C11H9N3O2S3. The van der Waals surface area contributed by atoms with Gasteiger partial charge in [-0.3, -0.25) is 9.59 Å². The van der Waals surface area contributed by atoms with Gasteiger partial charge in [0.2, 0.25) is 5.78 Å². The standard InChI is InChI=1S/C11H9N3O2S3/c1-14-7(10(16)13-11-12-3-5-18-11)8(15)9-6(19-14)2-4-17-9/h2-5,7H,1H3,(H,12,13,16). The molecule has 1 amide bonds. The Kier molecular flexibility index (Phi) is 3.40. The van der Waals surface area contributed by atoms with Crippen LogP contribution in [0.5, 0.6) is 0 Å². The third-order valence-electron chi connectivity index (χ3n) is 2.62. The number of amides is 1. The van der Waals surface area contributed by atoms with E-state index in [4.69, 9.17) is 0 Å². The molecule has 8 heteroatoms. The molecule has 2 aromatic heterocycles. The number of ketones is 1. The molecule has 1 atom stereocenters. The van der Waals surface area contributed by atoms with E-state index < -0.39 is 6.04 Å². The average molecular weight is 311 g/mol. The van der Waals surface area contributed by atoms with Crippen LogP contribution in [-0.2, 0) is 4.79 Å². The van der Waals surface area contributed by atoms with Gasteiger partial charge in [-0.05, 0) is 30.4 Å². The molecule has 2 aromatic rings. The fourth-order valence-electron chi connectivity index (χ4n) is 1.79. The Balaban J connectivity index is 1.84. The summed E-state index contributed by atoms with van der Waals surface area (Å²) < 4.78 is 1.68. The van der Waals surface area contributed by atoms with Crippen LogP contribution in [-0.4, -0.2) is 34.1 Å². The highest BCUT2D eigenvalue weighted by Crippen LogP contribution is 2.37. The van der Waals surface area contributed by atoms with E-state index in [2.05, 4.69) is 10.3 Å². The third kappa shape index (κ3) is 2.32. The van der Waals surface area contributed by atoms with Crippen molar-refractivity contribution in [3.8, 4) is 0 Å². The molecule has 1 aliphatic rings. The number of Topliss-reactive ketones (excluding diaryl/α,β-unsaturated/α-hetero) is 1. The zero-order valence-electron chi connectivity index (χ0n) is 9.82. The number of nitrogens with zero attached hydrogens (tertiary/aromatic N) is 2. The van der Waals surface area contributed by atoms with E-state index in [9.17, 15) is 9.59 Å². The number of carbonyl (C=O) groups is 2. The molecule has 0 bridgehead atoms. The molecule has 1 aliphatic heterocycles. The second-order valence-electron chi connectivity index (χ2n) is 3.84. The predicted molar refractivity (Wildman–Crippen MR) is 76.8 cm³/mol. The number of likely N-dealkylation sites (N-methyl/N-ethyl adjacent to an activating group) is 1. The molecule has 0 spiro atoms. The van der Waals surface area contributed by atoms with Crippen LogP contribution in [0.2, 0.25) is 0 Å². The quantitative estimate of drug-likeness (QED) is 0.681. The van der Waals surface area contributed by atoms with E-state index in [-0.39, 0.29) is 11.7 Å². The van der Waals surface area contributed by atoms with E-state index in [0.29, 0.717) is 10.0 Å². The first kappa shape index (κ1) is 12.8. The van der Waals surface area contributed by atoms with Crippen molar-refractivity contribution in [3.05, 3.63) is 27.9 Å². The lowest BCUT2D eigenvalue weighted by Crippen LogP contribution is -2.46. The fourth-order valence-corrected chi connectivity index (χ4v) is 4.34. The summed E-state index contributed by atoms with van der Waals surface area (Å²) in [6.45, 7) is 0. The molecule has 3 rings (SSSR count). The Morgan fingerprint density at radius 1 is 1.42 bits per heavy atom. The number of thiazole rings is 1. The molecule has 0 saturated carbocycles. The van der Waals surface area contributed by atoms with Crippen molar-refractivity contribution in [1.29, 1.82) is 0 Å². The summed E-state index contributed by atoms with van der Waals surface area (Å²) in [6, 6.07) is 1.09. The molecule has 0 aromatic carbocycles. The maximum atomic E-state index is 12.3. The Hall–Kier alpha value is -1.22. The minimum absolute atomic E-state index is 0.152. The van der Waals surface area contributed by atoms with Gasteiger partial charge >= 0.3 is 0 Å². The van der Waals surface area contributed by atoms with Gasteiger partial charge in [-0.2, -0.15) is 0 Å². The predicted octanol–water partition coefficient (Wildman–Crippen LogP) is 2.35. The van der Waals surface area contributed by atoms with Crippen molar-refractivity contribution in [2.45, 2.75) is 10.9 Å². The molecule has 19 heavy (non-hydrogen) atoms. The molecule has 5 nitrogen and oxygen atoms in total. The van der Waals surface area contributed by atoms with Crippen molar-refractivity contribution in [2.24, 2.45) is 0 Å². The highest BCUT2D eigenvalue weighted by molar-refractivity contribution is 7.97. The lowest BCUT2D eigenvalue weighted by Gasteiger charge is -2.28.